The van der Waals surface area contributed by atoms with Crippen molar-refractivity contribution in [2.45, 2.75) is 19.4 Å². The average molecular weight is 115 g/mol. The second kappa shape index (κ2) is 1.71. The molecule has 0 aromatic carbocycles. The highest BCUT2D eigenvalue weighted by Gasteiger charge is 2.41. The maximum absolute atomic E-state index is 8.47. The van der Waals surface area contributed by atoms with E-state index >= 15 is 0 Å². The van der Waals surface area contributed by atoms with Crippen LogP contribution in [0.25, 0.3) is 0 Å². The number of β-amino-alcohol motifs (C(OH)–C–C–N with tert-alkyl or cyclic N) is 1. The Morgan fingerprint density at radius 2 is 2.12 bits per heavy atom. The van der Waals surface area contributed by atoms with Gasteiger partial charge < -0.3 is 5.11 Å². The molecule has 0 amide bonds. The molecular weight excluding hydrogens is 102 g/mol. The highest BCUT2D eigenvalue weighted by atomic mass is 16.3. The van der Waals surface area contributed by atoms with Gasteiger partial charge in [-0.2, -0.15) is 0 Å². The smallest absolute Gasteiger partial charge is 0.0558 e. The molecule has 0 saturated carbocycles. The van der Waals surface area contributed by atoms with Gasteiger partial charge in [-0.05, 0) is 13.8 Å². The maximum atomic E-state index is 8.47. The molecule has 0 aromatic heterocycles. The number of nitrogens with zero attached hydrogens (tertiary/aromatic N) is 1. The molecular formula is C6H13NO. The monoisotopic (exact) mass is 115 g/mol. The van der Waals surface area contributed by atoms with Crippen LogP contribution in [0.1, 0.15) is 13.8 Å². The molecule has 1 aliphatic rings. The lowest BCUT2D eigenvalue weighted by Crippen LogP contribution is -2.12. The van der Waals surface area contributed by atoms with E-state index in [1.165, 1.54) is 0 Å². The summed E-state index contributed by atoms with van der Waals surface area (Å²) < 4.78 is 0. The Bertz CT molecular complexity index is 90.5. The Morgan fingerprint density at radius 3 is 2.25 bits per heavy atom. The first-order chi connectivity index (χ1) is 3.67. The fourth-order valence-electron chi connectivity index (χ4n) is 0.934. The van der Waals surface area contributed by atoms with Gasteiger partial charge in [-0.15, -0.1) is 0 Å². The molecule has 0 bridgehead atoms. The zero-order chi connectivity index (χ0) is 6.20. The quantitative estimate of drug-likeness (QED) is 0.515. The van der Waals surface area contributed by atoms with E-state index in [9.17, 15) is 0 Å². The van der Waals surface area contributed by atoms with E-state index in [4.69, 9.17) is 5.11 Å². The minimum atomic E-state index is 0.295. The van der Waals surface area contributed by atoms with E-state index in [0.29, 0.717) is 12.1 Å². The van der Waals surface area contributed by atoms with Crippen LogP contribution in [0, 0.1) is 0 Å². The van der Waals surface area contributed by atoms with E-state index < -0.39 is 0 Å². The van der Waals surface area contributed by atoms with Gasteiger partial charge >= 0.3 is 0 Å². The van der Waals surface area contributed by atoms with Crippen molar-refractivity contribution in [2.75, 3.05) is 19.7 Å². The van der Waals surface area contributed by atoms with Crippen molar-refractivity contribution in [3.05, 3.63) is 0 Å². The Labute approximate surface area is 50.1 Å². The Hall–Kier alpha value is -0.0800. The number of hydrogen-bond acceptors (Lipinski definition) is 2. The number of hydrogen-bond donors (Lipinski definition) is 1. The molecule has 8 heavy (non-hydrogen) atoms. The minimum Gasteiger partial charge on any atom is -0.395 e. The Morgan fingerprint density at radius 1 is 1.62 bits per heavy atom. The van der Waals surface area contributed by atoms with Crippen LogP contribution >= 0.6 is 0 Å². The van der Waals surface area contributed by atoms with Crippen molar-refractivity contribution in [1.29, 1.82) is 0 Å². The predicted octanol–water partition coefficient (Wildman–Crippen LogP) is 0.0729. The lowest BCUT2D eigenvalue weighted by Gasteiger charge is -2.01. The van der Waals surface area contributed by atoms with Gasteiger partial charge in [0.15, 0.2) is 0 Å². The molecule has 0 spiro atoms. The molecule has 0 aromatic rings. The molecule has 48 valence electrons. The molecule has 1 saturated heterocycles. The first-order valence-corrected chi connectivity index (χ1v) is 3.03. The highest BCUT2D eigenvalue weighted by molar-refractivity contribution is 4.98. The first kappa shape index (κ1) is 6.05. The molecule has 1 heterocycles. The van der Waals surface area contributed by atoms with Crippen molar-refractivity contribution < 1.29 is 5.11 Å². The van der Waals surface area contributed by atoms with Gasteiger partial charge in [-0.3, -0.25) is 4.90 Å². The summed E-state index contributed by atoms with van der Waals surface area (Å²) in [7, 11) is 0. The third kappa shape index (κ3) is 1.01. The largest absolute Gasteiger partial charge is 0.395 e. The first-order valence-electron chi connectivity index (χ1n) is 3.03. The van der Waals surface area contributed by atoms with E-state index in [0.717, 1.165) is 13.1 Å². The summed E-state index contributed by atoms with van der Waals surface area (Å²) in [6.07, 6.45) is 0. The molecule has 1 aliphatic heterocycles. The molecule has 1 rings (SSSR count). The number of aliphatic hydroxyl groups excluding tert-OH is 1. The lowest BCUT2D eigenvalue weighted by atomic mass is 10.2. The fourth-order valence-corrected chi connectivity index (χ4v) is 0.934. The molecule has 1 fully saturated rings. The van der Waals surface area contributed by atoms with Gasteiger partial charge in [0.25, 0.3) is 0 Å². The summed E-state index contributed by atoms with van der Waals surface area (Å²) in [5.41, 5.74) is 0.392. The van der Waals surface area contributed by atoms with Crippen LogP contribution in [0.3, 0.4) is 0 Å². The van der Waals surface area contributed by atoms with Gasteiger partial charge in [0.1, 0.15) is 0 Å². The van der Waals surface area contributed by atoms with Gasteiger partial charge in [-0.1, -0.05) is 0 Å². The second-order valence-corrected chi connectivity index (χ2v) is 2.96. The Balaban J connectivity index is 2.17. The summed E-state index contributed by atoms with van der Waals surface area (Å²) in [6.45, 7) is 6.65. The van der Waals surface area contributed by atoms with Gasteiger partial charge in [0, 0.05) is 18.6 Å². The van der Waals surface area contributed by atoms with Crippen molar-refractivity contribution in [3.63, 3.8) is 0 Å². The van der Waals surface area contributed by atoms with Crippen LogP contribution in [-0.4, -0.2) is 35.2 Å². The SMILES string of the molecule is CC1(C)CN1CCO. The van der Waals surface area contributed by atoms with E-state index in [1.54, 1.807) is 0 Å². The number of rotatable bonds is 2. The van der Waals surface area contributed by atoms with Gasteiger partial charge in [0.2, 0.25) is 0 Å². The maximum Gasteiger partial charge on any atom is 0.0558 e. The van der Waals surface area contributed by atoms with Crippen LogP contribution < -0.4 is 0 Å². The topological polar surface area (TPSA) is 23.2 Å². The molecule has 1 N–H and O–H groups in total. The molecule has 0 radical (unpaired) electrons. The molecule has 2 nitrogen and oxygen atoms in total. The Kier molecular flexibility index (Phi) is 1.29. The fraction of sp³-hybridized carbons (Fsp3) is 1.00. The summed E-state index contributed by atoms with van der Waals surface area (Å²) in [6, 6.07) is 0. The zero-order valence-corrected chi connectivity index (χ0v) is 5.52. The molecule has 1 atom stereocenters. The van der Waals surface area contributed by atoms with Crippen molar-refractivity contribution in [1.82, 2.24) is 4.90 Å². The van der Waals surface area contributed by atoms with Crippen LogP contribution in [0.15, 0.2) is 0 Å². The van der Waals surface area contributed by atoms with Crippen LogP contribution in [-0.2, 0) is 0 Å². The third-order valence-corrected chi connectivity index (χ3v) is 1.70. The van der Waals surface area contributed by atoms with Crippen LogP contribution in [0.2, 0.25) is 0 Å². The van der Waals surface area contributed by atoms with Gasteiger partial charge in [0.05, 0.1) is 6.61 Å². The van der Waals surface area contributed by atoms with Crippen LogP contribution in [0.4, 0.5) is 0 Å². The molecule has 0 aliphatic carbocycles. The molecule has 2 heteroatoms. The minimum absolute atomic E-state index is 0.295. The second-order valence-electron chi connectivity index (χ2n) is 2.96. The highest BCUT2D eigenvalue weighted by Crippen LogP contribution is 2.29. The summed E-state index contributed by atoms with van der Waals surface area (Å²) in [5.74, 6) is 0. The predicted molar refractivity (Wildman–Crippen MR) is 32.7 cm³/mol. The van der Waals surface area contributed by atoms with E-state index in [1.807, 2.05) is 0 Å². The average Bonchev–Trinajstić information content (AvgIpc) is 2.15. The van der Waals surface area contributed by atoms with E-state index in [2.05, 4.69) is 18.7 Å². The van der Waals surface area contributed by atoms with E-state index in [-0.39, 0.29) is 0 Å². The standard InChI is InChI=1S/C6H13NO/c1-6(2)5-7(6)3-4-8/h8H,3-5H2,1-2H3. The molecule has 1 unspecified atom stereocenters. The van der Waals surface area contributed by atoms with Crippen molar-refractivity contribution >= 4 is 0 Å². The normalized spacial score (nSPS) is 32.6. The number of aliphatic hydroxyl groups is 1. The zero-order valence-electron chi connectivity index (χ0n) is 5.52. The summed E-state index contributed by atoms with van der Waals surface area (Å²) in [5, 5.41) is 8.47. The summed E-state index contributed by atoms with van der Waals surface area (Å²) in [4.78, 5) is 2.24. The van der Waals surface area contributed by atoms with Gasteiger partial charge in [-0.25, -0.2) is 0 Å². The van der Waals surface area contributed by atoms with Crippen LogP contribution in [0.5, 0.6) is 0 Å². The van der Waals surface area contributed by atoms with Crippen molar-refractivity contribution in [2.24, 2.45) is 0 Å². The summed E-state index contributed by atoms with van der Waals surface area (Å²) >= 11 is 0. The van der Waals surface area contributed by atoms with Crippen molar-refractivity contribution in [3.8, 4) is 0 Å². The third-order valence-electron chi connectivity index (χ3n) is 1.70. The lowest BCUT2D eigenvalue weighted by molar-refractivity contribution is 0.256.